The minimum absolute atomic E-state index is 0.0505. The van der Waals surface area contributed by atoms with Crippen LogP contribution in [0, 0.1) is 0 Å². The number of carbonyl (C=O) groups is 2. The number of benzene rings is 2. The molecule has 7 heteroatoms. The van der Waals surface area contributed by atoms with E-state index in [0.717, 1.165) is 25.2 Å². The quantitative estimate of drug-likeness (QED) is 0.601. The fourth-order valence-electron chi connectivity index (χ4n) is 4.04. The average Bonchev–Trinajstić information content (AvgIpc) is 3.20. The van der Waals surface area contributed by atoms with Crippen molar-refractivity contribution in [2.75, 3.05) is 18.4 Å². The fraction of sp³-hybridized carbons (Fsp3) is 0.250. The highest BCUT2D eigenvalue weighted by atomic mass is 35.5. The molecular formula is C24H25ClN4O2. The molecule has 0 radical (unpaired) electrons. The lowest BCUT2D eigenvalue weighted by Gasteiger charge is -2.36. The van der Waals surface area contributed by atoms with Gasteiger partial charge in [-0.05, 0) is 41.8 Å². The van der Waals surface area contributed by atoms with Crippen molar-refractivity contribution in [2.45, 2.75) is 19.0 Å². The molecule has 0 aliphatic carbocycles. The normalized spacial score (nSPS) is 14.5. The summed E-state index contributed by atoms with van der Waals surface area (Å²) in [5.41, 5.74) is 4.17. The number of anilines is 1. The molecule has 1 unspecified atom stereocenters. The van der Waals surface area contributed by atoms with Gasteiger partial charge in [0.1, 0.15) is 0 Å². The number of nitrogens with one attached hydrogen (secondary N) is 2. The zero-order valence-corrected chi connectivity index (χ0v) is 18.1. The summed E-state index contributed by atoms with van der Waals surface area (Å²) in [5.74, 6) is -1.42. The molecule has 1 aliphatic rings. The third-order valence-corrected chi connectivity index (χ3v) is 6.04. The molecule has 0 spiro atoms. The number of fused-ring (bicyclic) bond motifs is 1. The van der Waals surface area contributed by atoms with Gasteiger partial charge in [0.25, 0.3) is 0 Å². The van der Waals surface area contributed by atoms with Gasteiger partial charge in [-0.25, -0.2) is 0 Å². The molecule has 0 saturated carbocycles. The Labute approximate surface area is 186 Å². The van der Waals surface area contributed by atoms with Gasteiger partial charge in [-0.15, -0.1) is 0 Å². The van der Waals surface area contributed by atoms with Crippen LogP contribution in [0.4, 0.5) is 5.69 Å². The predicted octanol–water partition coefficient (Wildman–Crippen LogP) is 3.53. The highest BCUT2D eigenvalue weighted by Gasteiger charge is 2.27. The monoisotopic (exact) mass is 436 g/mol. The van der Waals surface area contributed by atoms with E-state index in [1.807, 2.05) is 19.3 Å². The average molecular weight is 437 g/mol. The number of aromatic nitrogens is 1. The van der Waals surface area contributed by atoms with Crippen LogP contribution in [0.15, 0.2) is 66.9 Å². The van der Waals surface area contributed by atoms with Crippen LogP contribution in [0.5, 0.6) is 0 Å². The Bertz CT molecular complexity index is 1090. The van der Waals surface area contributed by atoms with Gasteiger partial charge >= 0.3 is 11.8 Å². The molecule has 31 heavy (non-hydrogen) atoms. The maximum Gasteiger partial charge on any atom is 0.313 e. The maximum atomic E-state index is 12.5. The first-order valence-corrected chi connectivity index (χ1v) is 10.7. The lowest BCUT2D eigenvalue weighted by molar-refractivity contribution is -0.136. The van der Waals surface area contributed by atoms with Crippen LogP contribution in [0.1, 0.15) is 22.9 Å². The van der Waals surface area contributed by atoms with E-state index in [9.17, 15) is 9.59 Å². The van der Waals surface area contributed by atoms with Gasteiger partial charge in [-0.1, -0.05) is 48.0 Å². The van der Waals surface area contributed by atoms with Crippen molar-refractivity contribution in [1.29, 1.82) is 0 Å². The van der Waals surface area contributed by atoms with Crippen molar-refractivity contribution in [3.63, 3.8) is 0 Å². The van der Waals surface area contributed by atoms with Crippen molar-refractivity contribution in [1.82, 2.24) is 14.8 Å². The molecule has 1 aliphatic heterocycles. The number of hydrogen-bond donors (Lipinski definition) is 2. The van der Waals surface area contributed by atoms with Gasteiger partial charge in [0.05, 0.1) is 16.8 Å². The van der Waals surface area contributed by atoms with E-state index in [-0.39, 0.29) is 6.04 Å². The Kier molecular flexibility index (Phi) is 6.39. The molecule has 1 atom stereocenters. The third kappa shape index (κ3) is 4.81. The van der Waals surface area contributed by atoms with Crippen LogP contribution in [0.3, 0.4) is 0 Å². The minimum atomic E-state index is -0.734. The van der Waals surface area contributed by atoms with E-state index in [0.29, 0.717) is 17.3 Å². The first kappa shape index (κ1) is 21.2. The van der Waals surface area contributed by atoms with Crippen LogP contribution < -0.4 is 10.6 Å². The first-order chi connectivity index (χ1) is 15.0. The molecule has 2 amide bonds. The highest BCUT2D eigenvalue weighted by molar-refractivity contribution is 6.41. The molecule has 4 rings (SSSR count). The molecular weight excluding hydrogens is 412 g/mol. The Morgan fingerprint density at radius 3 is 2.48 bits per heavy atom. The number of halogens is 1. The molecule has 6 nitrogen and oxygen atoms in total. The summed E-state index contributed by atoms with van der Waals surface area (Å²) in [7, 11) is 1.99. The van der Waals surface area contributed by atoms with Crippen molar-refractivity contribution >= 4 is 29.1 Å². The lowest BCUT2D eigenvalue weighted by atomic mass is 9.98. The van der Waals surface area contributed by atoms with Gasteiger partial charge in [0, 0.05) is 38.6 Å². The summed E-state index contributed by atoms with van der Waals surface area (Å²) in [6, 6.07) is 19.3. The summed E-state index contributed by atoms with van der Waals surface area (Å²) in [4.78, 5) is 27.2. The van der Waals surface area contributed by atoms with Gasteiger partial charge in [-0.3, -0.25) is 14.5 Å². The molecule has 0 bridgehead atoms. The van der Waals surface area contributed by atoms with Crippen LogP contribution in [-0.4, -0.2) is 34.4 Å². The summed E-state index contributed by atoms with van der Waals surface area (Å²) >= 11 is 6.07. The van der Waals surface area contributed by atoms with Crippen molar-refractivity contribution in [3.05, 3.63) is 88.7 Å². The smallest absolute Gasteiger partial charge is 0.313 e. The second-order valence-electron chi connectivity index (χ2n) is 7.69. The number of para-hydroxylation sites is 1. The summed E-state index contributed by atoms with van der Waals surface area (Å²) < 4.78 is 2.06. The number of rotatable bonds is 5. The van der Waals surface area contributed by atoms with Gasteiger partial charge in [0.15, 0.2) is 0 Å². The summed E-state index contributed by atoms with van der Waals surface area (Å²) in [6.07, 6.45) is 2.95. The largest absolute Gasteiger partial charge is 0.353 e. The second kappa shape index (κ2) is 9.37. The highest BCUT2D eigenvalue weighted by Crippen LogP contribution is 2.28. The zero-order valence-electron chi connectivity index (χ0n) is 17.3. The SMILES string of the molecule is Cn1cccc1C(CNC(=O)C(=O)Nc1ccccc1Cl)N1CCc2ccccc2C1. The Hall–Kier alpha value is -3.09. The number of carbonyl (C=O) groups excluding carboxylic acids is 2. The molecule has 3 aromatic rings. The second-order valence-corrected chi connectivity index (χ2v) is 8.10. The van der Waals surface area contributed by atoms with Crippen LogP contribution in [0.25, 0.3) is 0 Å². The fourth-order valence-corrected chi connectivity index (χ4v) is 4.22. The number of hydrogen-bond acceptors (Lipinski definition) is 3. The molecule has 2 aromatic carbocycles. The van der Waals surface area contributed by atoms with E-state index in [2.05, 4.69) is 50.4 Å². The number of nitrogens with zero attached hydrogens (tertiary/aromatic N) is 2. The Balaban J connectivity index is 1.46. The van der Waals surface area contributed by atoms with Crippen LogP contribution in [-0.2, 0) is 29.6 Å². The number of amides is 2. The van der Waals surface area contributed by atoms with E-state index >= 15 is 0 Å². The van der Waals surface area contributed by atoms with Crippen molar-refractivity contribution in [2.24, 2.45) is 7.05 Å². The maximum absolute atomic E-state index is 12.5. The molecule has 160 valence electrons. The van der Waals surface area contributed by atoms with Crippen LogP contribution in [0.2, 0.25) is 5.02 Å². The lowest BCUT2D eigenvalue weighted by Crippen LogP contribution is -2.44. The topological polar surface area (TPSA) is 66.4 Å². The van der Waals surface area contributed by atoms with Gasteiger partial charge in [0.2, 0.25) is 0 Å². The Morgan fingerprint density at radius 2 is 1.74 bits per heavy atom. The van der Waals surface area contributed by atoms with Gasteiger partial charge in [-0.2, -0.15) is 0 Å². The van der Waals surface area contributed by atoms with E-state index < -0.39 is 11.8 Å². The summed E-state index contributed by atoms with van der Waals surface area (Å²) in [5, 5.41) is 5.77. The molecule has 1 aromatic heterocycles. The predicted molar refractivity (Wildman–Crippen MR) is 122 cm³/mol. The summed E-state index contributed by atoms with van der Waals surface area (Å²) in [6.45, 7) is 2.01. The molecule has 0 saturated heterocycles. The standard InChI is InChI=1S/C24H25ClN4O2/c1-28-13-6-11-21(28)22(29-14-12-17-7-2-3-8-18(17)16-29)15-26-23(30)24(31)27-20-10-5-4-9-19(20)25/h2-11,13,22H,12,14-16H2,1H3,(H,26,30)(H,27,31). The van der Waals surface area contributed by atoms with Crippen molar-refractivity contribution < 1.29 is 9.59 Å². The Morgan fingerprint density at radius 1 is 1.00 bits per heavy atom. The van der Waals surface area contributed by atoms with E-state index in [1.165, 1.54) is 11.1 Å². The van der Waals surface area contributed by atoms with Crippen molar-refractivity contribution in [3.8, 4) is 0 Å². The van der Waals surface area contributed by atoms with Crippen LogP contribution >= 0.6 is 11.6 Å². The zero-order chi connectivity index (χ0) is 21.8. The molecule has 2 heterocycles. The van der Waals surface area contributed by atoms with E-state index in [4.69, 9.17) is 11.6 Å². The minimum Gasteiger partial charge on any atom is -0.353 e. The first-order valence-electron chi connectivity index (χ1n) is 10.3. The molecule has 2 N–H and O–H groups in total. The third-order valence-electron chi connectivity index (χ3n) is 5.71. The van der Waals surface area contributed by atoms with Gasteiger partial charge < -0.3 is 15.2 Å². The van der Waals surface area contributed by atoms with E-state index in [1.54, 1.807) is 24.3 Å². The number of aryl methyl sites for hydroxylation is 1. The molecule has 0 fully saturated rings.